The second-order valence-corrected chi connectivity index (χ2v) is 4.24. The number of aliphatic hydroxyl groups excluding tert-OH is 4. The van der Waals surface area contributed by atoms with Crippen molar-refractivity contribution in [3.05, 3.63) is 0 Å². The van der Waals surface area contributed by atoms with E-state index < -0.39 is 0 Å². The Hall–Kier alpha value is -0.160. The molecule has 0 heterocycles. The third kappa shape index (κ3) is 4.37. The van der Waals surface area contributed by atoms with Crippen molar-refractivity contribution in [1.82, 2.24) is 0 Å². The minimum atomic E-state index is -0.227. The lowest BCUT2D eigenvalue weighted by Crippen LogP contribution is -2.02. The molecule has 2 rings (SSSR count). The van der Waals surface area contributed by atoms with Crippen molar-refractivity contribution in [3.8, 4) is 0 Å². The van der Waals surface area contributed by atoms with Crippen molar-refractivity contribution in [2.24, 2.45) is 0 Å². The summed E-state index contributed by atoms with van der Waals surface area (Å²) in [6.45, 7) is 0. The molecule has 0 spiro atoms. The largest absolute Gasteiger partial charge is 0.393 e. The molecule has 0 saturated heterocycles. The molecule has 84 valence electrons. The highest BCUT2D eigenvalue weighted by molar-refractivity contribution is 4.72. The van der Waals surface area contributed by atoms with Crippen LogP contribution in [0.5, 0.6) is 0 Å². The van der Waals surface area contributed by atoms with Gasteiger partial charge in [0.05, 0.1) is 24.4 Å². The molecule has 0 aromatic rings. The van der Waals surface area contributed by atoms with E-state index in [0.717, 1.165) is 25.7 Å². The molecule has 2 aliphatic carbocycles. The van der Waals surface area contributed by atoms with Crippen molar-refractivity contribution in [1.29, 1.82) is 0 Å². The molecule has 0 amide bonds. The van der Waals surface area contributed by atoms with Crippen molar-refractivity contribution in [2.75, 3.05) is 0 Å². The molecule has 0 radical (unpaired) electrons. The van der Waals surface area contributed by atoms with E-state index in [1.807, 2.05) is 0 Å². The predicted molar refractivity (Wildman–Crippen MR) is 51.7 cm³/mol. The summed E-state index contributed by atoms with van der Waals surface area (Å²) >= 11 is 0. The average Bonchev–Trinajstić information content (AvgIpc) is 2.63. The Labute approximate surface area is 84.2 Å². The Morgan fingerprint density at radius 2 is 0.714 bits per heavy atom. The summed E-state index contributed by atoms with van der Waals surface area (Å²) in [6, 6.07) is 0. The third-order valence-electron chi connectivity index (χ3n) is 2.75. The number of rotatable bonds is 0. The summed E-state index contributed by atoms with van der Waals surface area (Å²) in [6.07, 6.45) is 3.37. The van der Waals surface area contributed by atoms with Gasteiger partial charge in [-0.05, 0) is 38.5 Å². The van der Waals surface area contributed by atoms with Crippen LogP contribution in [-0.2, 0) is 0 Å². The maximum absolute atomic E-state index is 8.74. The molecule has 2 fully saturated rings. The minimum Gasteiger partial charge on any atom is -0.393 e. The zero-order valence-corrected chi connectivity index (χ0v) is 8.34. The lowest BCUT2D eigenvalue weighted by atomic mass is 10.3. The highest BCUT2D eigenvalue weighted by Gasteiger charge is 2.20. The van der Waals surface area contributed by atoms with Gasteiger partial charge in [-0.2, -0.15) is 0 Å². The van der Waals surface area contributed by atoms with E-state index >= 15 is 0 Å². The van der Waals surface area contributed by atoms with Crippen LogP contribution in [0.2, 0.25) is 0 Å². The fourth-order valence-corrected chi connectivity index (χ4v) is 1.87. The zero-order chi connectivity index (χ0) is 10.6. The van der Waals surface area contributed by atoms with Gasteiger partial charge in [-0.15, -0.1) is 0 Å². The van der Waals surface area contributed by atoms with Crippen LogP contribution in [0.15, 0.2) is 0 Å². The highest BCUT2D eigenvalue weighted by atomic mass is 16.3. The predicted octanol–water partition coefficient (Wildman–Crippen LogP) is -0.216. The third-order valence-corrected chi connectivity index (χ3v) is 2.75. The maximum atomic E-state index is 8.74. The molecule has 0 unspecified atom stereocenters. The molecular formula is C10H20O4. The van der Waals surface area contributed by atoms with E-state index in [0.29, 0.717) is 12.8 Å². The summed E-state index contributed by atoms with van der Waals surface area (Å²) in [7, 11) is 0. The van der Waals surface area contributed by atoms with E-state index in [1.165, 1.54) is 0 Å². The van der Waals surface area contributed by atoms with Gasteiger partial charge >= 0.3 is 0 Å². The first-order valence-electron chi connectivity index (χ1n) is 5.30. The molecule has 0 aromatic carbocycles. The first kappa shape index (κ1) is 11.9. The normalized spacial score (nSPS) is 42.0. The summed E-state index contributed by atoms with van der Waals surface area (Å²) in [4.78, 5) is 0. The van der Waals surface area contributed by atoms with Crippen LogP contribution in [0, 0.1) is 0 Å². The molecule has 0 aromatic heterocycles. The fraction of sp³-hybridized carbons (Fsp3) is 1.00. The standard InChI is InChI=1S/2C5H10O2/c2*6-4-1-2-5(7)3-4/h2*4-7H,1-3H2/t2*4-,5-/m10/s1. The Morgan fingerprint density at radius 1 is 0.500 bits per heavy atom. The monoisotopic (exact) mass is 204 g/mol. The van der Waals surface area contributed by atoms with Crippen LogP contribution in [0.4, 0.5) is 0 Å². The van der Waals surface area contributed by atoms with Crippen LogP contribution in [0.1, 0.15) is 38.5 Å². The molecule has 0 bridgehead atoms. The van der Waals surface area contributed by atoms with Gasteiger partial charge in [0.2, 0.25) is 0 Å². The van der Waals surface area contributed by atoms with Gasteiger partial charge < -0.3 is 20.4 Å². The van der Waals surface area contributed by atoms with Gasteiger partial charge in [0.1, 0.15) is 0 Å². The molecule has 14 heavy (non-hydrogen) atoms. The van der Waals surface area contributed by atoms with Gasteiger partial charge in [0.25, 0.3) is 0 Å². The molecule has 4 nitrogen and oxygen atoms in total. The number of hydrogen-bond acceptors (Lipinski definition) is 4. The van der Waals surface area contributed by atoms with E-state index in [9.17, 15) is 0 Å². The Kier molecular flexibility index (Phi) is 4.81. The van der Waals surface area contributed by atoms with Gasteiger partial charge in [-0.1, -0.05) is 0 Å². The molecule has 2 saturated carbocycles. The van der Waals surface area contributed by atoms with Gasteiger partial charge in [-0.25, -0.2) is 0 Å². The summed E-state index contributed by atoms with van der Waals surface area (Å²) in [5.41, 5.74) is 0. The lowest BCUT2D eigenvalue weighted by molar-refractivity contribution is 0.136. The number of hydrogen-bond donors (Lipinski definition) is 4. The van der Waals surface area contributed by atoms with Crippen LogP contribution in [-0.4, -0.2) is 44.8 Å². The van der Waals surface area contributed by atoms with Gasteiger partial charge in [-0.3, -0.25) is 0 Å². The Morgan fingerprint density at radius 3 is 0.786 bits per heavy atom. The molecular weight excluding hydrogens is 184 g/mol. The zero-order valence-electron chi connectivity index (χ0n) is 8.34. The van der Waals surface area contributed by atoms with Gasteiger partial charge in [0.15, 0.2) is 0 Å². The fourth-order valence-electron chi connectivity index (χ4n) is 1.87. The average molecular weight is 204 g/mol. The topological polar surface area (TPSA) is 80.9 Å². The summed E-state index contributed by atoms with van der Waals surface area (Å²) in [5.74, 6) is 0. The molecule has 0 aliphatic heterocycles. The Bertz CT molecular complexity index is 128. The van der Waals surface area contributed by atoms with Crippen LogP contribution in [0.3, 0.4) is 0 Å². The Balaban J connectivity index is 0.000000140. The maximum Gasteiger partial charge on any atom is 0.0565 e. The molecule has 2 aliphatic rings. The summed E-state index contributed by atoms with van der Waals surface area (Å²) < 4.78 is 0. The van der Waals surface area contributed by atoms with Crippen LogP contribution >= 0.6 is 0 Å². The molecule has 4 heteroatoms. The van der Waals surface area contributed by atoms with Crippen molar-refractivity contribution in [3.63, 3.8) is 0 Å². The second-order valence-electron chi connectivity index (χ2n) is 4.24. The smallest absolute Gasteiger partial charge is 0.0565 e. The van der Waals surface area contributed by atoms with E-state index in [4.69, 9.17) is 20.4 Å². The van der Waals surface area contributed by atoms with E-state index in [-0.39, 0.29) is 24.4 Å². The van der Waals surface area contributed by atoms with Crippen LogP contribution in [0.25, 0.3) is 0 Å². The van der Waals surface area contributed by atoms with Crippen molar-refractivity contribution < 1.29 is 20.4 Å². The van der Waals surface area contributed by atoms with Crippen molar-refractivity contribution >= 4 is 0 Å². The SMILES string of the molecule is O[C@@H]1CC[C@@H](O)C1.O[C@H]1CC[C@H](O)C1. The molecule has 4 N–H and O–H groups in total. The lowest BCUT2D eigenvalue weighted by Gasteiger charge is -1.95. The van der Waals surface area contributed by atoms with Crippen molar-refractivity contribution in [2.45, 2.75) is 62.9 Å². The first-order chi connectivity index (χ1) is 6.58. The summed E-state index contributed by atoms with van der Waals surface area (Å²) in [5, 5.41) is 35.0. The number of aliphatic hydroxyl groups is 4. The van der Waals surface area contributed by atoms with E-state index in [1.54, 1.807) is 0 Å². The first-order valence-corrected chi connectivity index (χ1v) is 5.30. The highest BCUT2D eigenvalue weighted by Crippen LogP contribution is 2.18. The molecule has 4 atom stereocenters. The van der Waals surface area contributed by atoms with E-state index in [2.05, 4.69) is 0 Å². The second kappa shape index (κ2) is 5.66. The van der Waals surface area contributed by atoms with Gasteiger partial charge in [0, 0.05) is 0 Å². The minimum absolute atomic E-state index is 0.227. The van der Waals surface area contributed by atoms with Crippen LogP contribution < -0.4 is 0 Å². The quantitative estimate of drug-likeness (QED) is 0.440.